The molecule has 1 saturated carbocycles. The van der Waals surface area contributed by atoms with Crippen molar-refractivity contribution in [3.05, 3.63) is 23.3 Å². The average Bonchev–Trinajstić information content (AvgIpc) is 2.95. The summed E-state index contributed by atoms with van der Waals surface area (Å²) in [5.74, 6) is -1.80. The second-order valence-corrected chi connectivity index (χ2v) is 6.64. The van der Waals surface area contributed by atoms with E-state index < -0.39 is 12.1 Å². The molecule has 0 unspecified atom stereocenters. The number of hydrogen-bond donors (Lipinski definition) is 1. The summed E-state index contributed by atoms with van der Waals surface area (Å²) in [4.78, 5) is 20.3. The normalized spacial score (nSPS) is 18.9. The summed E-state index contributed by atoms with van der Waals surface area (Å²) in [5, 5.41) is 7.12. The van der Waals surface area contributed by atoms with E-state index in [4.69, 9.17) is 9.90 Å². The van der Waals surface area contributed by atoms with Gasteiger partial charge in [-0.25, -0.2) is 14.8 Å². The van der Waals surface area contributed by atoms with Gasteiger partial charge in [0.25, 0.3) is 0 Å². The number of aryl methyl sites for hydroxylation is 1. The Hall–Kier alpha value is -1.70. The highest BCUT2D eigenvalue weighted by Crippen LogP contribution is 2.26. The van der Waals surface area contributed by atoms with Crippen molar-refractivity contribution in [2.24, 2.45) is 5.92 Å². The standard InChI is InChI=1S/C15H23N3.C2HF3O2/c1-12-14-6-8-18(10-13-4-2-3-5-13)9-7-15(14)17-11-16-12;3-2(4,5)1(6)7/h11,13H,2-10H2,1H3;(H,6,7). The number of alkyl halides is 3. The lowest BCUT2D eigenvalue weighted by Gasteiger charge is -2.23. The zero-order chi connectivity index (χ0) is 18.4. The number of carboxylic acids is 1. The molecule has 1 aliphatic carbocycles. The van der Waals surface area contributed by atoms with Crippen LogP contribution in [0.2, 0.25) is 0 Å². The highest BCUT2D eigenvalue weighted by atomic mass is 19.4. The highest BCUT2D eigenvalue weighted by molar-refractivity contribution is 5.73. The molecule has 0 amide bonds. The number of aromatic nitrogens is 2. The number of carboxylic acid groups (broad SMARTS) is 1. The third-order valence-electron chi connectivity index (χ3n) is 4.83. The number of halogens is 3. The molecule has 0 atom stereocenters. The van der Waals surface area contributed by atoms with E-state index >= 15 is 0 Å². The molecule has 0 bridgehead atoms. The molecule has 0 saturated heterocycles. The third kappa shape index (κ3) is 5.95. The van der Waals surface area contributed by atoms with Gasteiger partial charge in [-0.05, 0) is 37.7 Å². The molecule has 1 aromatic rings. The summed E-state index contributed by atoms with van der Waals surface area (Å²) in [6.45, 7) is 5.80. The topological polar surface area (TPSA) is 66.3 Å². The minimum absolute atomic E-state index is 0.957. The van der Waals surface area contributed by atoms with Crippen LogP contribution in [0.4, 0.5) is 13.2 Å². The van der Waals surface area contributed by atoms with Crippen molar-refractivity contribution in [2.45, 2.75) is 51.6 Å². The van der Waals surface area contributed by atoms with E-state index in [0.717, 1.165) is 18.8 Å². The van der Waals surface area contributed by atoms with Gasteiger partial charge in [0, 0.05) is 37.4 Å². The summed E-state index contributed by atoms with van der Waals surface area (Å²) >= 11 is 0. The average molecular weight is 359 g/mol. The first kappa shape index (κ1) is 19.6. The third-order valence-corrected chi connectivity index (χ3v) is 4.83. The van der Waals surface area contributed by atoms with Crippen LogP contribution in [0.5, 0.6) is 0 Å². The Kier molecular flexibility index (Phi) is 6.75. The van der Waals surface area contributed by atoms with Crippen LogP contribution in [0, 0.1) is 12.8 Å². The molecule has 1 N–H and O–H groups in total. The van der Waals surface area contributed by atoms with E-state index in [0.29, 0.717) is 0 Å². The van der Waals surface area contributed by atoms with Crippen molar-refractivity contribution >= 4 is 5.97 Å². The van der Waals surface area contributed by atoms with E-state index in [1.165, 1.54) is 62.3 Å². The molecular formula is C17H24F3N3O2. The van der Waals surface area contributed by atoms with Crippen molar-refractivity contribution < 1.29 is 23.1 Å². The molecule has 0 aromatic carbocycles. The number of aliphatic carboxylic acids is 1. The second-order valence-electron chi connectivity index (χ2n) is 6.64. The molecule has 5 nitrogen and oxygen atoms in total. The fourth-order valence-electron chi connectivity index (χ4n) is 3.48. The molecule has 140 valence electrons. The van der Waals surface area contributed by atoms with Crippen LogP contribution in [-0.2, 0) is 17.6 Å². The van der Waals surface area contributed by atoms with Gasteiger partial charge < -0.3 is 10.0 Å². The van der Waals surface area contributed by atoms with Gasteiger partial charge in [-0.2, -0.15) is 13.2 Å². The predicted molar refractivity (Wildman–Crippen MR) is 86.3 cm³/mol. The van der Waals surface area contributed by atoms with Crippen LogP contribution in [0.3, 0.4) is 0 Å². The first-order chi connectivity index (χ1) is 11.8. The Bertz CT molecular complexity index is 587. The maximum Gasteiger partial charge on any atom is 0.490 e. The van der Waals surface area contributed by atoms with Crippen LogP contribution < -0.4 is 0 Å². The van der Waals surface area contributed by atoms with Gasteiger partial charge in [0.2, 0.25) is 0 Å². The summed E-state index contributed by atoms with van der Waals surface area (Å²) in [6, 6.07) is 0. The van der Waals surface area contributed by atoms with Crippen molar-refractivity contribution in [3.63, 3.8) is 0 Å². The number of hydrogen-bond acceptors (Lipinski definition) is 4. The Labute approximate surface area is 145 Å². The monoisotopic (exact) mass is 359 g/mol. The van der Waals surface area contributed by atoms with Crippen molar-refractivity contribution in [1.82, 2.24) is 14.9 Å². The number of fused-ring (bicyclic) bond motifs is 1. The quantitative estimate of drug-likeness (QED) is 0.879. The first-order valence-corrected chi connectivity index (χ1v) is 8.59. The molecule has 3 rings (SSSR count). The van der Waals surface area contributed by atoms with Crippen molar-refractivity contribution in [2.75, 3.05) is 19.6 Å². The molecule has 25 heavy (non-hydrogen) atoms. The Morgan fingerprint density at radius 1 is 1.24 bits per heavy atom. The molecule has 2 aliphatic rings. The molecule has 1 aromatic heterocycles. The number of carbonyl (C=O) groups is 1. The molecule has 0 radical (unpaired) electrons. The lowest BCUT2D eigenvalue weighted by molar-refractivity contribution is -0.192. The van der Waals surface area contributed by atoms with Crippen LogP contribution in [0.25, 0.3) is 0 Å². The summed E-state index contributed by atoms with van der Waals surface area (Å²) in [5.41, 5.74) is 3.88. The summed E-state index contributed by atoms with van der Waals surface area (Å²) in [6.07, 6.45) is 4.66. The van der Waals surface area contributed by atoms with Gasteiger partial charge >= 0.3 is 12.1 Å². The predicted octanol–water partition coefficient (Wildman–Crippen LogP) is 3.01. The van der Waals surface area contributed by atoms with Crippen molar-refractivity contribution in [3.8, 4) is 0 Å². The van der Waals surface area contributed by atoms with Gasteiger partial charge in [-0.15, -0.1) is 0 Å². The van der Waals surface area contributed by atoms with Gasteiger partial charge in [0.1, 0.15) is 6.33 Å². The maximum absolute atomic E-state index is 10.6. The molecule has 8 heteroatoms. The number of rotatable bonds is 2. The second kappa shape index (κ2) is 8.60. The van der Waals surface area contributed by atoms with E-state index in [2.05, 4.69) is 21.8 Å². The van der Waals surface area contributed by atoms with E-state index in [9.17, 15) is 13.2 Å². The Balaban J connectivity index is 0.000000277. The minimum Gasteiger partial charge on any atom is -0.475 e. The van der Waals surface area contributed by atoms with E-state index in [-0.39, 0.29) is 0 Å². The summed E-state index contributed by atoms with van der Waals surface area (Å²) < 4.78 is 31.7. The van der Waals surface area contributed by atoms with Gasteiger partial charge in [0.15, 0.2) is 0 Å². The van der Waals surface area contributed by atoms with Gasteiger partial charge in [0.05, 0.1) is 0 Å². The van der Waals surface area contributed by atoms with E-state index in [1.807, 2.05) is 0 Å². The lowest BCUT2D eigenvalue weighted by Crippen LogP contribution is -2.31. The molecule has 2 heterocycles. The zero-order valence-corrected chi connectivity index (χ0v) is 14.3. The zero-order valence-electron chi connectivity index (χ0n) is 14.3. The van der Waals surface area contributed by atoms with Gasteiger partial charge in [-0.1, -0.05) is 12.8 Å². The van der Waals surface area contributed by atoms with Crippen LogP contribution in [-0.4, -0.2) is 51.8 Å². The smallest absolute Gasteiger partial charge is 0.475 e. The SMILES string of the molecule is Cc1ncnc2c1CCN(CC1CCCC1)CC2.O=C(O)C(F)(F)F. The number of nitrogens with zero attached hydrogens (tertiary/aromatic N) is 3. The Morgan fingerprint density at radius 2 is 1.84 bits per heavy atom. The van der Waals surface area contributed by atoms with Crippen LogP contribution >= 0.6 is 0 Å². The maximum atomic E-state index is 10.6. The fourth-order valence-corrected chi connectivity index (χ4v) is 3.48. The Morgan fingerprint density at radius 3 is 2.44 bits per heavy atom. The van der Waals surface area contributed by atoms with Gasteiger partial charge in [-0.3, -0.25) is 0 Å². The van der Waals surface area contributed by atoms with E-state index in [1.54, 1.807) is 6.33 Å². The molecule has 1 fully saturated rings. The lowest BCUT2D eigenvalue weighted by atomic mass is 10.1. The molecule has 0 spiro atoms. The minimum atomic E-state index is -5.08. The fraction of sp³-hybridized carbons (Fsp3) is 0.706. The van der Waals surface area contributed by atoms with Crippen molar-refractivity contribution in [1.29, 1.82) is 0 Å². The first-order valence-electron chi connectivity index (χ1n) is 8.59. The largest absolute Gasteiger partial charge is 0.490 e. The molecular weight excluding hydrogens is 335 g/mol. The van der Waals surface area contributed by atoms with Crippen LogP contribution in [0.15, 0.2) is 6.33 Å². The molecule has 1 aliphatic heterocycles. The summed E-state index contributed by atoms with van der Waals surface area (Å²) in [7, 11) is 0. The highest BCUT2D eigenvalue weighted by Gasteiger charge is 2.38. The van der Waals surface area contributed by atoms with Crippen LogP contribution in [0.1, 0.15) is 42.6 Å².